The van der Waals surface area contributed by atoms with Crippen LogP contribution in [0.2, 0.25) is 0 Å². The first-order valence-corrected chi connectivity index (χ1v) is 10.7. The van der Waals surface area contributed by atoms with Crippen molar-refractivity contribution in [3.8, 4) is 5.69 Å². The fourth-order valence-corrected chi connectivity index (χ4v) is 4.80. The molecule has 172 valence electrons. The van der Waals surface area contributed by atoms with Crippen molar-refractivity contribution in [2.24, 2.45) is 14.1 Å². The van der Waals surface area contributed by atoms with Gasteiger partial charge in [-0.05, 0) is 18.2 Å². The van der Waals surface area contributed by atoms with Crippen molar-refractivity contribution in [2.75, 3.05) is 0 Å². The number of hydrogen-bond acceptors (Lipinski definition) is 5. The van der Waals surface area contributed by atoms with Crippen LogP contribution in [-0.4, -0.2) is 35.4 Å². The van der Waals surface area contributed by atoms with Crippen molar-refractivity contribution in [3.05, 3.63) is 88.8 Å². The zero-order valence-electron chi connectivity index (χ0n) is 18.7. The molecule has 0 saturated heterocycles. The van der Waals surface area contributed by atoms with Crippen LogP contribution in [0.1, 0.15) is 11.1 Å². The quantitative estimate of drug-likeness (QED) is 0.248. The van der Waals surface area contributed by atoms with E-state index in [4.69, 9.17) is 0 Å². The van der Waals surface area contributed by atoms with Crippen LogP contribution in [0.25, 0.3) is 38.6 Å². The van der Waals surface area contributed by atoms with E-state index in [0.717, 1.165) is 16.6 Å². The maximum atomic E-state index is 13.1. The number of benzene rings is 2. The second-order valence-corrected chi connectivity index (χ2v) is 8.47. The molecule has 2 amide bonds. The number of fused-ring (bicyclic) bond motifs is 2. The van der Waals surface area contributed by atoms with Gasteiger partial charge in [-0.1, -0.05) is 6.07 Å². The highest BCUT2D eigenvalue weighted by Gasteiger charge is 2.35. The molecule has 0 saturated carbocycles. The van der Waals surface area contributed by atoms with E-state index in [-0.39, 0.29) is 16.8 Å². The van der Waals surface area contributed by atoms with E-state index < -0.39 is 16.7 Å². The van der Waals surface area contributed by atoms with E-state index >= 15 is 0 Å². The van der Waals surface area contributed by atoms with Crippen molar-refractivity contribution in [1.29, 1.82) is 0 Å². The summed E-state index contributed by atoms with van der Waals surface area (Å²) in [5.41, 5.74) is 4.06. The van der Waals surface area contributed by atoms with E-state index in [9.17, 15) is 19.7 Å². The van der Waals surface area contributed by atoms with Crippen LogP contribution in [0.5, 0.6) is 0 Å². The van der Waals surface area contributed by atoms with Gasteiger partial charge in [0.2, 0.25) is 0 Å². The summed E-state index contributed by atoms with van der Waals surface area (Å²) in [6.45, 7) is 0. The predicted molar refractivity (Wildman–Crippen MR) is 130 cm³/mol. The summed E-state index contributed by atoms with van der Waals surface area (Å²) in [6.07, 6.45) is 8.82. The van der Waals surface area contributed by atoms with Crippen LogP contribution < -0.4 is 5.32 Å². The summed E-state index contributed by atoms with van der Waals surface area (Å²) >= 11 is 0. The number of nitro benzene ring substituents is 1. The molecule has 0 spiro atoms. The summed E-state index contributed by atoms with van der Waals surface area (Å²) < 4.78 is 5.52. The Balaban J connectivity index is 1.60. The van der Waals surface area contributed by atoms with E-state index in [1.807, 2.05) is 46.8 Å². The van der Waals surface area contributed by atoms with E-state index in [1.165, 1.54) is 12.1 Å². The second kappa shape index (κ2) is 7.26. The lowest BCUT2D eigenvalue weighted by atomic mass is 9.95. The number of hydrogen-bond donors (Lipinski definition) is 1. The average molecular weight is 466 g/mol. The zero-order valence-corrected chi connectivity index (χ0v) is 18.7. The van der Waals surface area contributed by atoms with Gasteiger partial charge in [0.25, 0.3) is 17.5 Å². The molecule has 5 aromatic rings. The van der Waals surface area contributed by atoms with Gasteiger partial charge in [-0.25, -0.2) is 4.98 Å². The number of nitrogens with zero attached hydrogens (tertiary/aromatic N) is 5. The van der Waals surface area contributed by atoms with Crippen molar-refractivity contribution in [3.63, 3.8) is 0 Å². The maximum absolute atomic E-state index is 13.1. The molecule has 3 aromatic heterocycles. The van der Waals surface area contributed by atoms with Crippen LogP contribution in [-0.2, 0) is 23.7 Å². The molecule has 6 rings (SSSR count). The van der Waals surface area contributed by atoms with Gasteiger partial charge < -0.3 is 13.7 Å². The Kier molecular flexibility index (Phi) is 4.27. The Labute approximate surface area is 197 Å². The zero-order chi connectivity index (χ0) is 24.4. The Morgan fingerprint density at radius 1 is 0.886 bits per heavy atom. The van der Waals surface area contributed by atoms with Crippen molar-refractivity contribution in [2.45, 2.75) is 0 Å². The maximum Gasteiger partial charge on any atom is 0.271 e. The third kappa shape index (κ3) is 3.00. The number of nitro groups is 1. The second-order valence-electron chi connectivity index (χ2n) is 8.47. The van der Waals surface area contributed by atoms with E-state index in [2.05, 4.69) is 10.3 Å². The average Bonchev–Trinajstić information content (AvgIpc) is 3.60. The molecule has 1 aliphatic rings. The van der Waals surface area contributed by atoms with Gasteiger partial charge in [-0.3, -0.25) is 25.0 Å². The van der Waals surface area contributed by atoms with Crippen LogP contribution in [0.15, 0.2) is 67.5 Å². The van der Waals surface area contributed by atoms with Gasteiger partial charge in [0.15, 0.2) is 0 Å². The minimum atomic E-state index is -0.497. The molecule has 0 fully saturated rings. The molecular weight excluding hydrogens is 448 g/mol. The molecular formula is C25H18N6O4. The van der Waals surface area contributed by atoms with Crippen LogP contribution in [0.4, 0.5) is 5.69 Å². The molecule has 4 heterocycles. The van der Waals surface area contributed by atoms with Gasteiger partial charge in [0, 0.05) is 78.6 Å². The minimum absolute atomic E-state index is 0.0471. The summed E-state index contributed by atoms with van der Waals surface area (Å²) in [4.78, 5) is 41.0. The van der Waals surface area contributed by atoms with Gasteiger partial charge in [0.05, 0.1) is 33.4 Å². The number of aromatic nitrogens is 4. The molecule has 35 heavy (non-hydrogen) atoms. The van der Waals surface area contributed by atoms with Gasteiger partial charge in [-0.15, -0.1) is 0 Å². The Morgan fingerprint density at radius 2 is 1.49 bits per heavy atom. The molecule has 0 unspecified atom stereocenters. The number of rotatable bonds is 4. The molecule has 10 heteroatoms. The van der Waals surface area contributed by atoms with Crippen molar-refractivity contribution in [1.82, 2.24) is 24.0 Å². The predicted octanol–water partition coefficient (Wildman–Crippen LogP) is 3.33. The number of non-ortho nitro benzene ring substituents is 1. The molecule has 0 aliphatic carbocycles. The van der Waals surface area contributed by atoms with Gasteiger partial charge in [0.1, 0.15) is 0 Å². The third-order valence-electron chi connectivity index (χ3n) is 6.43. The summed E-state index contributed by atoms with van der Waals surface area (Å²) in [5.74, 6) is -0.974. The van der Waals surface area contributed by atoms with Crippen LogP contribution in [0, 0.1) is 10.1 Å². The number of imidazole rings is 1. The molecule has 0 radical (unpaired) electrons. The lowest BCUT2D eigenvalue weighted by Gasteiger charge is -2.05. The molecule has 1 aliphatic heterocycles. The molecule has 10 nitrogen and oxygen atoms in total. The standard InChI is InChI=1S/C25H18N6O4/c1-28-11-18(16-5-3-14(9-20(16)28)30-8-7-26-13-30)22-23(25(33)27-24(22)32)19-12-29(2)21-10-15(31(34)35)4-6-17(19)21/h3-13H,1-2H3,(H,27,32,33). The highest BCUT2D eigenvalue weighted by atomic mass is 16.6. The third-order valence-corrected chi connectivity index (χ3v) is 6.43. The van der Waals surface area contributed by atoms with Gasteiger partial charge in [-0.2, -0.15) is 0 Å². The SMILES string of the molecule is Cn1cc(C2=C(c3cn(C)c4cc([N+](=O)[O-])ccc34)C(=O)NC2=O)c2ccc(-n3ccnc3)cc21. The smallest absolute Gasteiger partial charge is 0.271 e. The number of carbonyl (C=O) groups excluding carboxylic acids is 2. The number of carbonyl (C=O) groups is 2. The first-order chi connectivity index (χ1) is 16.8. The first-order valence-electron chi connectivity index (χ1n) is 10.7. The minimum Gasteiger partial charge on any atom is -0.350 e. The highest BCUT2D eigenvalue weighted by molar-refractivity contribution is 6.50. The Hall–Kier alpha value is -4.99. The largest absolute Gasteiger partial charge is 0.350 e. The first kappa shape index (κ1) is 20.6. The fraction of sp³-hybridized carbons (Fsp3) is 0.0800. The summed E-state index contributed by atoms with van der Waals surface area (Å²) in [7, 11) is 3.63. The van der Waals surface area contributed by atoms with Crippen molar-refractivity contribution >= 4 is 50.5 Å². The highest BCUT2D eigenvalue weighted by Crippen LogP contribution is 2.39. The monoisotopic (exact) mass is 466 g/mol. The fourth-order valence-electron chi connectivity index (χ4n) is 4.80. The molecule has 1 N–H and O–H groups in total. The van der Waals surface area contributed by atoms with Crippen LogP contribution >= 0.6 is 0 Å². The lowest BCUT2D eigenvalue weighted by Crippen LogP contribution is -2.22. The van der Waals surface area contributed by atoms with Crippen LogP contribution in [0.3, 0.4) is 0 Å². The number of nitrogens with one attached hydrogen (secondary N) is 1. The Morgan fingerprint density at radius 3 is 2.06 bits per heavy atom. The number of aryl methyl sites for hydroxylation is 2. The van der Waals surface area contributed by atoms with E-state index in [1.54, 1.807) is 36.4 Å². The normalized spacial score (nSPS) is 13.9. The lowest BCUT2D eigenvalue weighted by molar-refractivity contribution is -0.384. The summed E-state index contributed by atoms with van der Waals surface area (Å²) in [5, 5.41) is 15.2. The number of imide groups is 1. The molecule has 0 atom stereocenters. The molecule has 0 bridgehead atoms. The summed E-state index contributed by atoms with van der Waals surface area (Å²) in [6, 6.07) is 10.3. The topological polar surface area (TPSA) is 117 Å². The van der Waals surface area contributed by atoms with Crippen molar-refractivity contribution < 1.29 is 14.5 Å². The van der Waals surface area contributed by atoms with Gasteiger partial charge >= 0.3 is 0 Å². The Bertz CT molecular complexity index is 1750. The van der Waals surface area contributed by atoms with E-state index in [0.29, 0.717) is 22.0 Å². The number of amides is 2. The molecule has 2 aromatic carbocycles.